The maximum Gasteiger partial charge on any atom is 0.261 e. The summed E-state index contributed by atoms with van der Waals surface area (Å²) in [4.78, 5) is 24.8. The molecule has 0 fully saturated rings. The zero-order valence-corrected chi connectivity index (χ0v) is 14.3. The Morgan fingerprint density at radius 3 is 2.35 bits per heavy atom. The lowest BCUT2D eigenvalue weighted by atomic mass is 9.84. The molecule has 0 radical (unpaired) electrons. The second kappa shape index (κ2) is 7.92. The summed E-state index contributed by atoms with van der Waals surface area (Å²) < 4.78 is 0. The maximum atomic E-state index is 12.4. The van der Waals surface area contributed by atoms with Crippen molar-refractivity contribution < 1.29 is 9.59 Å². The minimum absolute atomic E-state index is 0.00622. The van der Waals surface area contributed by atoms with Crippen LogP contribution in [0.25, 0.3) is 0 Å². The van der Waals surface area contributed by atoms with Gasteiger partial charge >= 0.3 is 0 Å². The number of carbonyl (C=O) groups excluding carboxylic acids is 2. The summed E-state index contributed by atoms with van der Waals surface area (Å²) in [6.45, 7) is 4.91. The molecule has 1 heterocycles. The molecule has 1 aromatic carbocycles. The van der Waals surface area contributed by atoms with Gasteiger partial charge < -0.3 is 10.6 Å². The fraction of sp³-hybridized carbons (Fsp3) is 0.333. The van der Waals surface area contributed by atoms with E-state index in [1.165, 1.54) is 11.3 Å². The van der Waals surface area contributed by atoms with Gasteiger partial charge in [0.05, 0.1) is 10.3 Å². The average molecular weight is 330 g/mol. The highest BCUT2D eigenvalue weighted by atomic mass is 32.1. The predicted octanol–water partition coefficient (Wildman–Crippen LogP) is 2.96. The van der Waals surface area contributed by atoms with Crippen LogP contribution in [0.1, 0.15) is 35.5 Å². The van der Waals surface area contributed by atoms with E-state index in [9.17, 15) is 9.59 Å². The lowest BCUT2D eigenvalue weighted by Gasteiger charge is -2.24. The first kappa shape index (κ1) is 17.2. The van der Waals surface area contributed by atoms with Crippen LogP contribution < -0.4 is 10.6 Å². The topological polar surface area (TPSA) is 58.2 Å². The zero-order valence-electron chi connectivity index (χ0n) is 13.5. The van der Waals surface area contributed by atoms with Crippen LogP contribution in [0.15, 0.2) is 47.8 Å². The Bertz CT molecular complexity index is 636. The van der Waals surface area contributed by atoms with E-state index in [0.29, 0.717) is 24.4 Å². The Kier molecular flexibility index (Phi) is 5.93. The second-order valence-corrected chi connectivity index (χ2v) is 6.78. The van der Waals surface area contributed by atoms with Gasteiger partial charge in [-0.15, -0.1) is 11.3 Å². The van der Waals surface area contributed by atoms with Crippen molar-refractivity contribution in [3.8, 4) is 0 Å². The average Bonchev–Trinajstić information content (AvgIpc) is 3.09. The molecular weight excluding hydrogens is 308 g/mol. The van der Waals surface area contributed by atoms with Crippen LogP contribution in [0, 0.1) is 0 Å². The molecule has 2 rings (SSSR count). The van der Waals surface area contributed by atoms with Crippen molar-refractivity contribution in [3.63, 3.8) is 0 Å². The molecule has 1 aromatic heterocycles. The van der Waals surface area contributed by atoms with Crippen LogP contribution in [0.5, 0.6) is 0 Å². The standard InChI is InChI=1S/C18H22N2O2S/c1-18(2,14-8-4-3-5-9-14)17(22)20-12-7-11-19-16(21)15-10-6-13-23-15/h3-6,8-10,13H,7,11-12H2,1-2H3,(H,19,21)(H,20,22). The lowest BCUT2D eigenvalue weighted by Crippen LogP contribution is -2.41. The minimum Gasteiger partial charge on any atom is -0.355 e. The predicted molar refractivity (Wildman–Crippen MR) is 93.7 cm³/mol. The van der Waals surface area contributed by atoms with E-state index in [-0.39, 0.29) is 11.8 Å². The van der Waals surface area contributed by atoms with E-state index in [1.54, 1.807) is 6.07 Å². The summed E-state index contributed by atoms with van der Waals surface area (Å²) in [5, 5.41) is 7.67. The van der Waals surface area contributed by atoms with Crippen LogP contribution in [0.4, 0.5) is 0 Å². The third-order valence-electron chi connectivity index (χ3n) is 3.73. The minimum atomic E-state index is -0.568. The molecule has 2 aromatic rings. The van der Waals surface area contributed by atoms with E-state index in [4.69, 9.17) is 0 Å². The molecule has 5 heteroatoms. The van der Waals surface area contributed by atoms with Crippen LogP contribution in [-0.4, -0.2) is 24.9 Å². The molecule has 23 heavy (non-hydrogen) atoms. The molecule has 0 aliphatic rings. The molecule has 122 valence electrons. The summed E-state index contributed by atoms with van der Waals surface area (Å²) in [5.74, 6) is -0.0655. The smallest absolute Gasteiger partial charge is 0.261 e. The molecule has 4 nitrogen and oxygen atoms in total. The second-order valence-electron chi connectivity index (χ2n) is 5.83. The molecule has 2 N–H and O–H groups in total. The first-order valence-electron chi connectivity index (χ1n) is 7.67. The molecule has 0 aliphatic carbocycles. The SMILES string of the molecule is CC(C)(C(=O)NCCCNC(=O)c1cccs1)c1ccccc1. The van der Waals surface area contributed by atoms with Crippen LogP contribution in [0.2, 0.25) is 0 Å². The Labute approximate surface area is 140 Å². The number of carbonyl (C=O) groups is 2. The molecule has 2 amide bonds. The highest BCUT2D eigenvalue weighted by molar-refractivity contribution is 7.12. The molecule has 0 atom stereocenters. The summed E-state index contributed by atoms with van der Waals surface area (Å²) in [6.07, 6.45) is 0.702. The number of benzene rings is 1. The van der Waals surface area contributed by atoms with Gasteiger partial charge in [-0.2, -0.15) is 0 Å². The summed E-state index contributed by atoms with van der Waals surface area (Å²) in [6, 6.07) is 13.4. The van der Waals surface area contributed by atoms with Gasteiger partial charge in [0.25, 0.3) is 5.91 Å². The van der Waals surface area contributed by atoms with Crippen molar-refractivity contribution in [1.82, 2.24) is 10.6 Å². The highest BCUT2D eigenvalue weighted by Crippen LogP contribution is 2.22. The Morgan fingerprint density at radius 1 is 1.00 bits per heavy atom. The van der Waals surface area contributed by atoms with Gasteiger partial charge in [-0.05, 0) is 37.3 Å². The number of nitrogens with one attached hydrogen (secondary N) is 2. The van der Waals surface area contributed by atoms with E-state index in [0.717, 1.165) is 5.56 Å². The Balaban J connectivity index is 1.72. The van der Waals surface area contributed by atoms with E-state index in [1.807, 2.05) is 55.6 Å². The van der Waals surface area contributed by atoms with Crippen molar-refractivity contribution in [3.05, 3.63) is 58.3 Å². The van der Waals surface area contributed by atoms with E-state index in [2.05, 4.69) is 10.6 Å². The van der Waals surface area contributed by atoms with Crippen LogP contribution in [0.3, 0.4) is 0 Å². The molecule has 0 bridgehead atoms. The monoisotopic (exact) mass is 330 g/mol. The normalized spacial score (nSPS) is 11.0. The molecule has 0 unspecified atom stereocenters. The molecule has 0 spiro atoms. The molecule has 0 saturated carbocycles. The summed E-state index contributed by atoms with van der Waals surface area (Å²) in [7, 11) is 0. The largest absolute Gasteiger partial charge is 0.355 e. The number of amides is 2. The number of thiophene rings is 1. The van der Waals surface area contributed by atoms with Gasteiger partial charge in [0.15, 0.2) is 0 Å². The fourth-order valence-corrected chi connectivity index (χ4v) is 2.83. The highest BCUT2D eigenvalue weighted by Gasteiger charge is 2.28. The Hall–Kier alpha value is -2.14. The van der Waals surface area contributed by atoms with Crippen molar-refractivity contribution in [2.45, 2.75) is 25.7 Å². The van der Waals surface area contributed by atoms with Gasteiger partial charge in [-0.25, -0.2) is 0 Å². The molecule has 0 saturated heterocycles. The summed E-state index contributed by atoms with van der Waals surface area (Å²) in [5.41, 5.74) is 0.421. The molecular formula is C18H22N2O2S. The van der Waals surface area contributed by atoms with Crippen molar-refractivity contribution >= 4 is 23.2 Å². The van der Waals surface area contributed by atoms with Crippen LogP contribution >= 0.6 is 11.3 Å². The first-order valence-corrected chi connectivity index (χ1v) is 8.55. The van der Waals surface area contributed by atoms with E-state index < -0.39 is 5.41 Å². The fourth-order valence-electron chi connectivity index (χ4n) is 2.19. The third-order valence-corrected chi connectivity index (χ3v) is 4.60. The number of rotatable bonds is 7. The number of hydrogen-bond donors (Lipinski definition) is 2. The molecule has 0 aliphatic heterocycles. The Morgan fingerprint density at radius 2 is 1.70 bits per heavy atom. The van der Waals surface area contributed by atoms with E-state index >= 15 is 0 Å². The summed E-state index contributed by atoms with van der Waals surface area (Å²) >= 11 is 1.42. The zero-order chi connectivity index (χ0) is 16.7. The van der Waals surface area contributed by atoms with Crippen molar-refractivity contribution in [2.75, 3.05) is 13.1 Å². The maximum absolute atomic E-state index is 12.4. The van der Waals surface area contributed by atoms with Crippen molar-refractivity contribution in [2.24, 2.45) is 0 Å². The van der Waals surface area contributed by atoms with Crippen molar-refractivity contribution in [1.29, 1.82) is 0 Å². The third kappa shape index (κ3) is 4.66. The lowest BCUT2D eigenvalue weighted by molar-refractivity contribution is -0.125. The van der Waals surface area contributed by atoms with Gasteiger partial charge in [-0.1, -0.05) is 36.4 Å². The van der Waals surface area contributed by atoms with Gasteiger partial charge in [0.2, 0.25) is 5.91 Å². The quantitative estimate of drug-likeness (QED) is 0.767. The van der Waals surface area contributed by atoms with Gasteiger partial charge in [-0.3, -0.25) is 9.59 Å². The first-order chi connectivity index (χ1) is 11.0. The van der Waals surface area contributed by atoms with Gasteiger partial charge in [0.1, 0.15) is 0 Å². The van der Waals surface area contributed by atoms with Crippen LogP contribution in [-0.2, 0) is 10.2 Å². The van der Waals surface area contributed by atoms with Gasteiger partial charge in [0, 0.05) is 13.1 Å². The number of hydrogen-bond acceptors (Lipinski definition) is 3.